The van der Waals surface area contributed by atoms with Crippen LogP contribution in [0, 0.1) is 0 Å². The molecule has 0 saturated heterocycles. The molecule has 9 heavy (non-hydrogen) atoms. The Bertz CT molecular complexity index is 141. The van der Waals surface area contributed by atoms with Crippen molar-refractivity contribution in [2.24, 2.45) is 0 Å². The van der Waals surface area contributed by atoms with E-state index in [0.717, 1.165) is 5.55 Å². The predicted molar refractivity (Wildman–Crippen MR) is 35.0 cm³/mol. The molecule has 0 fully saturated rings. The topological polar surface area (TPSA) is 43.4 Å². The molecule has 0 bridgehead atoms. The second-order valence-electron chi connectivity index (χ2n) is 1.46. The average molecular weight is 146 g/mol. The maximum absolute atomic E-state index is 10.3. The second-order valence-corrected chi connectivity index (χ2v) is 1.66. The maximum atomic E-state index is 10.3. The van der Waals surface area contributed by atoms with E-state index in [-0.39, 0.29) is 12.2 Å². The Hall–Kier alpha value is -0.770. The summed E-state index contributed by atoms with van der Waals surface area (Å²) in [5.41, 5.74) is 0.839. The molecule has 0 rings (SSSR count). The highest BCUT2D eigenvalue weighted by molar-refractivity contribution is 7.78. The molecule has 0 aliphatic carbocycles. The first kappa shape index (κ1) is 8.23. The lowest BCUT2D eigenvalue weighted by molar-refractivity contribution is -0.137. The Kier molecular flexibility index (Phi) is 3.79. The van der Waals surface area contributed by atoms with Crippen LogP contribution in [0.15, 0.2) is 0 Å². The van der Waals surface area contributed by atoms with E-state index >= 15 is 0 Å². The lowest BCUT2D eigenvalue weighted by atomic mass is 10.3. The molecule has 0 saturated carbocycles. The summed E-state index contributed by atoms with van der Waals surface area (Å²) in [4.78, 5) is 20.5. The van der Waals surface area contributed by atoms with Crippen LogP contribution < -0.4 is 0 Å². The average Bonchev–Trinajstić information content (AvgIpc) is 1.63. The third-order valence-electron chi connectivity index (χ3n) is 0.573. The summed E-state index contributed by atoms with van der Waals surface area (Å²) in [6.07, 6.45) is -0.201. The minimum Gasteiger partial charge on any atom is -0.422 e. The Labute approximate surface area is 58.0 Å². The smallest absolute Gasteiger partial charge is 0.318 e. The molecule has 0 aliphatic heterocycles. The van der Waals surface area contributed by atoms with Gasteiger partial charge in [-0.05, 0) is 19.1 Å². The third kappa shape index (κ3) is 5.10. The highest BCUT2D eigenvalue weighted by Crippen LogP contribution is 1.84. The van der Waals surface area contributed by atoms with Gasteiger partial charge in [0, 0.05) is 0 Å². The van der Waals surface area contributed by atoms with Crippen molar-refractivity contribution in [3.8, 4) is 0 Å². The molecular weight excluding hydrogens is 140 g/mol. The molecular formula is C5H6O3S. The fourth-order valence-electron chi connectivity index (χ4n) is 0.299. The number of carbonyl (C=O) groups is 2. The summed E-state index contributed by atoms with van der Waals surface area (Å²) in [5, 5.41) is 0. The van der Waals surface area contributed by atoms with Crippen LogP contribution in [0.1, 0.15) is 13.3 Å². The summed E-state index contributed by atoms with van der Waals surface area (Å²) in [5.74, 6) is -0.825. The van der Waals surface area contributed by atoms with Gasteiger partial charge in [0.15, 0.2) is 5.55 Å². The number of ether oxygens (including phenoxy) is 1. The molecule has 0 aromatic rings. The first-order chi connectivity index (χ1) is 4.16. The van der Waals surface area contributed by atoms with Gasteiger partial charge >= 0.3 is 5.97 Å². The minimum atomic E-state index is -0.600. The van der Waals surface area contributed by atoms with Gasteiger partial charge in [-0.15, -0.1) is 0 Å². The number of ketones is 1. The van der Waals surface area contributed by atoms with Crippen LogP contribution in [0.2, 0.25) is 0 Å². The van der Waals surface area contributed by atoms with Gasteiger partial charge in [-0.25, -0.2) is 0 Å². The molecule has 0 N–H and O–H groups in total. The lowest BCUT2D eigenvalue weighted by Gasteiger charge is -1.91. The van der Waals surface area contributed by atoms with Crippen molar-refractivity contribution < 1.29 is 14.3 Å². The molecule has 0 atom stereocenters. The first-order valence-corrected chi connectivity index (χ1v) is 2.76. The molecule has 0 amide bonds. The molecule has 0 spiro atoms. The van der Waals surface area contributed by atoms with Crippen molar-refractivity contribution in [2.45, 2.75) is 13.3 Å². The Morgan fingerprint density at radius 2 is 2.22 bits per heavy atom. The summed E-state index contributed by atoms with van der Waals surface area (Å²) >= 11 is 4.20. The number of Topliss-reactive ketones (excluding diaryl/α,β-unsaturated/α-hetero) is 1. The van der Waals surface area contributed by atoms with E-state index < -0.39 is 5.97 Å². The van der Waals surface area contributed by atoms with Gasteiger partial charge in [-0.2, -0.15) is 0 Å². The fraction of sp³-hybridized carbons (Fsp3) is 0.400. The summed E-state index contributed by atoms with van der Waals surface area (Å²) in [7, 11) is 0. The third-order valence-corrected chi connectivity index (χ3v) is 0.669. The Morgan fingerprint density at radius 3 is 2.56 bits per heavy atom. The zero-order valence-electron chi connectivity index (χ0n) is 4.92. The number of hydrogen-bond donors (Lipinski definition) is 0. The first-order valence-electron chi connectivity index (χ1n) is 2.29. The van der Waals surface area contributed by atoms with Crippen molar-refractivity contribution in [3.63, 3.8) is 0 Å². The summed E-state index contributed by atoms with van der Waals surface area (Å²) in [6, 6.07) is 0. The number of hydrogen-bond acceptors (Lipinski definition) is 4. The molecule has 0 aliphatic rings. The van der Waals surface area contributed by atoms with Crippen LogP contribution in [0.3, 0.4) is 0 Å². The van der Waals surface area contributed by atoms with Crippen LogP contribution in [0.4, 0.5) is 0 Å². The molecule has 0 heterocycles. The van der Waals surface area contributed by atoms with Gasteiger partial charge in [0.25, 0.3) is 0 Å². The van der Waals surface area contributed by atoms with Gasteiger partial charge < -0.3 is 4.74 Å². The normalized spacial score (nSPS) is 8.11. The van der Waals surface area contributed by atoms with Gasteiger partial charge in [-0.1, -0.05) is 0 Å². The predicted octanol–water partition coefficient (Wildman–Crippen LogP) is 0.466. The van der Waals surface area contributed by atoms with E-state index in [0.29, 0.717) is 0 Å². The van der Waals surface area contributed by atoms with E-state index in [4.69, 9.17) is 0 Å². The largest absolute Gasteiger partial charge is 0.422 e. The van der Waals surface area contributed by atoms with Crippen molar-refractivity contribution in [2.75, 3.05) is 0 Å². The van der Waals surface area contributed by atoms with E-state index in [1.165, 1.54) is 6.92 Å². The zero-order valence-corrected chi connectivity index (χ0v) is 5.73. The van der Waals surface area contributed by atoms with Crippen LogP contribution in [-0.4, -0.2) is 17.3 Å². The summed E-state index contributed by atoms with van der Waals surface area (Å²) in [6.45, 7) is 1.31. The number of rotatable bonds is 3. The molecule has 50 valence electrons. The highest BCUT2D eigenvalue weighted by Gasteiger charge is 2.03. The molecule has 4 heteroatoms. The van der Waals surface area contributed by atoms with Gasteiger partial charge in [0.1, 0.15) is 12.2 Å². The Balaban J connectivity index is 3.50. The second kappa shape index (κ2) is 4.14. The van der Waals surface area contributed by atoms with Crippen LogP contribution >= 0.6 is 12.2 Å². The zero-order chi connectivity index (χ0) is 7.28. The highest BCUT2D eigenvalue weighted by atomic mass is 32.1. The van der Waals surface area contributed by atoms with Crippen LogP contribution in [0.5, 0.6) is 0 Å². The monoisotopic (exact) mass is 146 g/mol. The summed E-state index contributed by atoms with van der Waals surface area (Å²) < 4.78 is 4.18. The minimum absolute atomic E-state index is 0.201. The van der Waals surface area contributed by atoms with Crippen LogP contribution in [0.25, 0.3) is 0 Å². The molecule has 0 aromatic carbocycles. The lowest BCUT2D eigenvalue weighted by Crippen LogP contribution is -2.06. The number of thiocarbonyl (C=S) groups is 1. The van der Waals surface area contributed by atoms with Gasteiger partial charge in [0.05, 0.1) is 0 Å². The number of esters is 1. The van der Waals surface area contributed by atoms with Gasteiger partial charge in [0.2, 0.25) is 0 Å². The van der Waals surface area contributed by atoms with E-state index in [1.54, 1.807) is 0 Å². The molecule has 0 radical (unpaired) electrons. The SMILES string of the molecule is CC(=O)CC(=O)OC=S. The van der Waals surface area contributed by atoms with Gasteiger partial charge in [-0.3, -0.25) is 9.59 Å². The van der Waals surface area contributed by atoms with E-state index in [1.807, 2.05) is 0 Å². The van der Waals surface area contributed by atoms with E-state index in [2.05, 4.69) is 17.0 Å². The molecule has 3 nitrogen and oxygen atoms in total. The Morgan fingerprint density at radius 1 is 1.67 bits per heavy atom. The standard InChI is InChI=1S/C5H6O3S/c1-4(6)2-5(7)8-3-9/h3H,2H2,1H3. The van der Waals surface area contributed by atoms with Crippen LogP contribution in [-0.2, 0) is 14.3 Å². The quantitative estimate of drug-likeness (QED) is 0.329. The number of carbonyl (C=O) groups excluding carboxylic acids is 2. The maximum Gasteiger partial charge on any atom is 0.318 e. The molecule has 0 aromatic heterocycles. The van der Waals surface area contributed by atoms with E-state index in [9.17, 15) is 9.59 Å². The fourth-order valence-corrected chi connectivity index (χ4v) is 0.406. The van der Waals surface area contributed by atoms with Crippen molar-refractivity contribution >= 4 is 29.5 Å². The molecule has 0 unspecified atom stereocenters. The van der Waals surface area contributed by atoms with Crippen molar-refractivity contribution in [1.29, 1.82) is 0 Å². The van der Waals surface area contributed by atoms with Crippen molar-refractivity contribution in [1.82, 2.24) is 0 Å². The van der Waals surface area contributed by atoms with Crippen molar-refractivity contribution in [3.05, 3.63) is 0 Å².